The fraction of sp³-hybridized carbons (Fsp3) is 0.150. The Kier molecular flexibility index (Phi) is 4.12. The molecule has 1 amide bonds. The van der Waals surface area contributed by atoms with Gasteiger partial charge in [-0.05, 0) is 29.7 Å². The van der Waals surface area contributed by atoms with Crippen LogP contribution in [0.2, 0.25) is 0 Å². The zero-order chi connectivity index (χ0) is 17.1. The van der Waals surface area contributed by atoms with Crippen LogP contribution >= 0.6 is 0 Å². The average Bonchev–Trinajstić information content (AvgIpc) is 3.23. The van der Waals surface area contributed by atoms with Gasteiger partial charge in [0, 0.05) is 31.7 Å². The van der Waals surface area contributed by atoms with Crippen molar-refractivity contribution >= 4 is 11.5 Å². The Labute approximate surface area is 146 Å². The van der Waals surface area contributed by atoms with Crippen molar-refractivity contribution in [2.24, 2.45) is 0 Å². The maximum Gasteiger partial charge on any atom is 0.255 e. The van der Waals surface area contributed by atoms with E-state index in [0.29, 0.717) is 12.1 Å². The number of carbonyl (C=O) groups excluding carboxylic acids is 1. The topological polar surface area (TPSA) is 51.0 Å². The summed E-state index contributed by atoms with van der Waals surface area (Å²) in [5.74, 6) is 0.770. The minimum Gasteiger partial charge on any atom is -0.335 e. The molecule has 0 aliphatic carbocycles. The summed E-state index contributed by atoms with van der Waals surface area (Å²) >= 11 is 0. The van der Waals surface area contributed by atoms with E-state index in [-0.39, 0.29) is 5.91 Å². The van der Waals surface area contributed by atoms with Gasteiger partial charge in [0.25, 0.3) is 5.91 Å². The van der Waals surface area contributed by atoms with E-state index in [0.717, 1.165) is 18.8 Å². The largest absolute Gasteiger partial charge is 0.335 e. The predicted molar refractivity (Wildman–Crippen MR) is 96.3 cm³/mol. The normalized spacial score (nSPS) is 14.2. The Morgan fingerprint density at radius 1 is 1.08 bits per heavy atom. The number of hydrogen-bond acceptors (Lipinski definition) is 3. The minimum atomic E-state index is 0.0213. The van der Waals surface area contributed by atoms with Crippen LogP contribution in [0.3, 0.4) is 0 Å². The van der Waals surface area contributed by atoms with Crippen molar-refractivity contribution in [3.05, 3.63) is 84.6 Å². The first kappa shape index (κ1) is 15.3. The Morgan fingerprint density at radius 3 is 2.60 bits per heavy atom. The first-order chi connectivity index (χ1) is 12.3. The van der Waals surface area contributed by atoms with Crippen LogP contribution < -0.4 is 0 Å². The molecule has 0 atom stereocenters. The van der Waals surface area contributed by atoms with Crippen molar-refractivity contribution in [2.75, 3.05) is 13.1 Å². The number of carbonyl (C=O) groups is 1. The molecular weight excluding hydrogens is 312 g/mol. The van der Waals surface area contributed by atoms with Crippen LogP contribution in [-0.4, -0.2) is 38.4 Å². The van der Waals surface area contributed by atoms with E-state index >= 15 is 0 Å². The lowest BCUT2D eigenvalue weighted by atomic mass is 9.99. The van der Waals surface area contributed by atoms with E-state index in [2.05, 4.69) is 28.2 Å². The molecule has 3 heterocycles. The highest BCUT2D eigenvalue weighted by Gasteiger charge is 2.19. The molecule has 0 bridgehead atoms. The van der Waals surface area contributed by atoms with Crippen LogP contribution in [-0.2, 0) is 0 Å². The Morgan fingerprint density at radius 2 is 1.96 bits per heavy atom. The summed E-state index contributed by atoms with van der Waals surface area (Å²) in [5, 5.41) is 0. The van der Waals surface area contributed by atoms with Gasteiger partial charge in [-0.25, -0.2) is 9.97 Å². The van der Waals surface area contributed by atoms with Gasteiger partial charge >= 0.3 is 0 Å². The Balaban J connectivity index is 1.46. The highest BCUT2D eigenvalue weighted by molar-refractivity contribution is 5.94. The molecule has 2 aromatic heterocycles. The molecule has 5 heteroatoms. The Hall–Kier alpha value is -3.21. The third kappa shape index (κ3) is 3.21. The molecule has 0 N–H and O–H groups in total. The number of nitrogens with zero attached hydrogens (tertiary/aromatic N) is 4. The summed E-state index contributed by atoms with van der Waals surface area (Å²) in [5.41, 5.74) is 3.15. The van der Waals surface area contributed by atoms with Crippen LogP contribution in [0, 0.1) is 0 Å². The van der Waals surface area contributed by atoms with E-state index in [1.807, 2.05) is 46.0 Å². The molecule has 1 aliphatic heterocycles. The minimum absolute atomic E-state index is 0.0213. The van der Waals surface area contributed by atoms with E-state index < -0.39 is 0 Å². The van der Waals surface area contributed by atoms with Gasteiger partial charge in [-0.15, -0.1) is 0 Å². The van der Waals surface area contributed by atoms with Crippen molar-refractivity contribution in [1.29, 1.82) is 0 Å². The van der Waals surface area contributed by atoms with Gasteiger partial charge in [-0.3, -0.25) is 9.36 Å². The predicted octanol–water partition coefficient (Wildman–Crippen LogP) is 3.20. The molecule has 0 fully saturated rings. The molecule has 0 saturated carbocycles. The summed E-state index contributed by atoms with van der Waals surface area (Å²) in [7, 11) is 0. The fourth-order valence-corrected chi connectivity index (χ4v) is 3.01. The SMILES string of the molecule is O=C(c1ccc(-n2ccnc2)nc1)N1CC=C(c2ccccc2)CC1. The van der Waals surface area contributed by atoms with Crippen LogP contribution in [0.1, 0.15) is 22.3 Å². The zero-order valence-electron chi connectivity index (χ0n) is 13.7. The van der Waals surface area contributed by atoms with Crippen molar-refractivity contribution in [2.45, 2.75) is 6.42 Å². The molecule has 0 saturated heterocycles. The monoisotopic (exact) mass is 330 g/mol. The lowest BCUT2D eigenvalue weighted by Crippen LogP contribution is -2.34. The molecule has 25 heavy (non-hydrogen) atoms. The van der Waals surface area contributed by atoms with Crippen molar-refractivity contribution < 1.29 is 4.79 Å². The number of hydrogen-bond donors (Lipinski definition) is 0. The van der Waals surface area contributed by atoms with Crippen LogP contribution in [0.15, 0.2) is 73.5 Å². The number of pyridine rings is 1. The lowest BCUT2D eigenvalue weighted by Gasteiger charge is -2.26. The van der Waals surface area contributed by atoms with Crippen LogP contribution in [0.4, 0.5) is 0 Å². The van der Waals surface area contributed by atoms with Crippen LogP contribution in [0.25, 0.3) is 11.4 Å². The molecule has 5 nitrogen and oxygen atoms in total. The maximum atomic E-state index is 12.7. The summed E-state index contributed by atoms with van der Waals surface area (Å²) in [6.07, 6.45) is 9.86. The van der Waals surface area contributed by atoms with Gasteiger partial charge in [-0.2, -0.15) is 0 Å². The highest BCUT2D eigenvalue weighted by atomic mass is 16.2. The number of benzene rings is 1. The van der Waals surface area contributed by atoms with Crippen molar-refractivity contribution in [3.8, 4) is 5.82 Å². The highest BCUT2D eigenvalue weighted by Crippen LogP contribution is 2.23. The fourth-order valence-electron chi connectivity index (χ4n) is 3.01. The first-order valence-corrected chi connectivity index (χ1v) is 8.29. The molecular formula is C20H18N4O. The van der Waals surface area contributed by atoms with Crippen molar-refractivity contribution in [3.63, 3.8) is 0 Å². The first-order valence-electron chi connectivity index (χ1n) is 8.29. The Bertz CT molecular complexity index is 883. The molecule has 4 rings (SSSR count). The van der Waals surface area contributed by atoms with Gasteiger partial charge in [0.05, 0.1) is 5.56 Å². The second kappa shape index (κ2) is 6.73. The molecule has 0 radical (unpaired) electrons. The van der Waals surface area contributed by atoms with E-state index in [9.17, 15) is 4.79 Å². The van der Waals surface area contributed by atoms with E-state index in [1.54, 1.807) is 18.7 Å². The number of amides is 1. The van der Waals surface area contributed by atoms with E-state index in [1.165, 1.54) is 11.1 Å². The van der Waals surface area contributed by atoms with Gasteiger partial charge in [0.2, 0.25) is 0 Å². The second-order valence-electron chi connectivity index (χ2n) is 5.97. The second-order valence-corrected chi connectivity index (χ2v) is 5.97. The molecule has 0 spiro atoms. The smallest absolute Gasteiger partial charge is 0.255 e. The molecule has 3 aromatic rings. The molecule has 1 aliphatic rings. The maximum absolute atomic E-state index is 12.7. The van der Waals surface area contributed by atoms with Gasteiger partial charge < -0.3 is 4.90 Å². The zero-order valence-corrected chi connectivity index (χ0v) is 13.7. The quantitative estimate of drug-likeness (QED) is 0.741. The van der Waals surface area contributed by atoms with Gasteiger partial charge in [0.15, 0.2) is 0 Å². The summed E-state index contributed by atoms with van der Waals surface area (Å²) in [4.78, 5) is 22.9. The van der Waals surface area contributed by atoms with Gasteiger partial charge in [0.1, 0.15) is 12.1 Å². The van der Waals surface area contributed by atoms with Gasteiger partial charge in [-0.1, -0.05) is 36.4 Å². The molecule has 124 valence electrons. The number of imidazole rings is 1. The molecule has 1 aromatic carbocycles. The van der Waals surface area contributed by atoms with Crippen molar-refractivity contribution in [1.82, 2.24) is 19.4 Å². The number of aromatic nitrogens is 3. The third-order valence-corrected chi connectivity index (χ3v) is 4.40. The average molecular weight is 330 g/mol. The summed E-state index contributed by atoms with van der Waals surface area (Å²) in [6.45, 7) is 1.36. The summed E-state index contributed by atoms with van der Waals surface area (Å²) < 4.78 is 1.81. The third-order valence-electron chi connectivity index (χ3n) is 4.40. The van der Waals surface area contributed by atoms with Crippen LogP contribution in [0.5, 0.6) is 0 Å². The standard InChI is InChI=1S/C20H18N4O/c25-20(18-6-7-19(22-14-18)24-13-10-21-15-24)23-11-8-17(9-12-23)16-4-2-1-3-5-16/h1-8,10,13-15H,9,11-12H2. The molecule has 0 unspecified atom stereocenters. The number of rotatable bonds is 3. The summed E-state index contributed by atoms with van der Waals surface area (Å²) in [6, 6.07) is 14.0. The van der Waals surface area contributed by atoms with E-state index in [4.69, 9.17) is 0 Å². The lowest BCUT2D eigenvalue weighted by molar-refractivity contribution is 0.0772.